The molecule has 2 rings (SSSR count). The van der Waals surface area contributed by atoms with Crippen molar-refractivity contribution in [3.8, 4) is 0 Å². The van der Waals surface area contributed by atoms with Crippen LogP contribution in [0.15, 0.2) is 12.5 Å². The lowest BCUT2D eigenvalue weighted by atomic mass is 10.0. The lowest BCUT2D eigenvalue weighted by Gasteiger charge is -2.29. The first kappa shape index (κ1) is 53.6. The van der Waals surface area contributed by atoms with E-state index in [9.17, 15) is 38.7 Å². The summed E-state index contributed by atoms with van der Waals surface area (Å²) in [7, 11) is 0. The van der Waals surface area contributed by atoms with Crippen LogP contribution < -0.4 is 27.0 Å². The molecule has 1 aromatic rings. The van der Waals surface area contributed by atoms with E-state index in [0.29, 0.717) is 31.4 Å². The van der Waals surface area contributed by atoms with E-state index in [1.807, 2.05) is 0 Å². The molecule has 62 heavy (non-hydrogen) atoms. The van der Waals surface area contributed by atoms with Crippen LogP contribution in [0.4, 0.5) is 0 Å². The van der Waals surface area contributed by atoms with Gasteiger partial charge in [0.05, 0.1) is 6.33 Å². The SMILES string of the molecule is CCCCCCCCCCCCC(NC(C)=O)C(=O)NC(CCCCCCCCCCCC)C(=O)N[C@@H](CCC(=O)O)C(=O)N[C@@H](Cc1cnc[nH]1)C(=O)N1CCC[C@H]1C(N)=O. The molecule has 5 atom stereocenters. The van der Waals surface area contributed by atoms with Crippen LogP contribution in [-0.4, -0.2) is 98.1 Å². The molecule has 6 amide bonds. The Bertz CT molecular complexity index is 1470. The van der Waals surface area contributed by atoms with Crippen molar-refractivity contribution >= 4 is 41.4 Å². The highest BCUT2D eigenvalue weighted by atomic mass is 16.4. The molecule has 0 saturated carbocycles. The fourth-order valence-corrected chi connectivity index (χ4v) is 8.15. The maximum absolute atomic E-state index is 14.1. The fraction of sp³-hybridized carbons (Fsp3) is 0.783. The van der Waals surface area contributed by atoms with Gasteiger partial charge in [-0.05, 0) is 32.1 Å². The largest absolute Gasteiger partial charge is 0.481 e. The Balaban J connectivity index is 2.21. The van der Waals surface area contributed by atoms with Gasteiger partial charge >= 0.3 is 5.97 Å². The quantitative estimate of drug-likeness (QED) is 0.0398. The molecule has 0 bridgehead atoms. The standard InChI is InChI=1S/C46H80N8O8/c1-4-6-8-10-12-14-16-18-20-22-25-36(50-34(3)55)43(59)51-37(26-23-21-19-17-15-13-11-9-7-5-2)44(60)52-38(28-29-41(56)57)45(61)53-39(31-35-32-48-33-49-35)46(62)54-30-24-27-40(54)42(47)58/h32-33,36-40H,4-31H2,1-3H3,(H2,47,58)(H,48,49)(H,50,55)(H,51,59)(H,52,60)(H,53,61)(H,56,57)/t36?,37?,38-,39-,40-/m0/s1. The van der Waals surface area contributed by atoms with Crippen molar-refractivity contribution in [2.45, 2.75) is 224 Å². The number of carbonyl (C=O) groups is 7. The van der Waals surface area contributed by atoms with Gasteiger partial charge in [0.2, 0.25) is 35.4 Å². The third-order valence-electron chi connectivity index (χ3n) is 11.8. The van der Waals surface area contributed by atoms with E-state index in [2.05, 4.69) is 45.1 Å². The Morgan fingerprint density at radius 1 is 0.677 bits per heavy atom. The Labute approximate surface area is 370 Å². The maximum Gasteiger partial charge on any atom is 0.303 e. The Morgan fingerprint density at radius 3 is 1.53 bits per heavy atom. The van der Waals surface area contributed by atoms with Gasteiger partial charge in [-0.3, -0.25) is 33.6 Å². The molecule has 2 unspecified atom stereocenters. The van der Waals surface area contributed by atoms with Crippen LogP contribution in [0.1, 0.15) is 193 Å². The molecule has 0 spiro atoms. The number of rotatable bonds is 36. The molecule has 0 aliphatic carbocycles. The third kappa shape index (κ3) is 22.6. The Kier molecular flexibility index (Phi) is 27.9. The summed E-state index contributed by atoms with van der Waals surface area (Å²) in [6.07, 6.45) is 25.6. The summed E-state index contributed by atoms with van der Waals surface area (Å²) < 4.78 is 0. The van der Waals surface area contributed by atoms with E-state index in [4.69, 9.17) is 5.73 Å². The lowest BCUT2D eigenvalue weighted by Crippen LogP contribution is -2.59. The number of likely N-dealkylation sites (tertiary alicyclic amines) is 1. The number of nitrogens with two attached hydrogens (primary N) is 1. The molecule has 1 saturated heterocycles. The predicted octanol–water partition coefficient (Wildman–Crippen LogP) is 5.87. The van der Waals surface area contributed by atoms with Gasteiger partial charge < -0.3 is 42.0 Å². The topological polar surface area (TPSA) is 246 Å². The minimum absolute atomic E-state index is 0.0207. The highest BCUT2D eigenvalue weighted by Crippen LogP contribution is 2.20. The zero-order valence-electron chi connectivity index (χ0n) is 38.1. The highest BCUT2D eigenvalue weighted by Gasteiger charge is 2.38. The van der Waals surface area contributed by atoms with E-state index in [0.717, 1.165) is 51.4 Å². The molecule has 1 fully saturated rings. The van der Waals surface area contributed by atoms with E-state index < -0.39 is 72.1 Å². The van der Waals surface area contributed by atoms with E-state index >= 15 is 0 Å². The number of carboxylic acid groups (broad SMARTS) is 1. The number of aromatic nitrogens is 2. The van der Waals surface area contributed by atoms with Crippen molar-refractivity contribution < 1.29 is 38.7 Å². The van der Waals surface area contributed by atoms with E-state index in [1.54, 1.807) is 0 Å². The summed E-state index contributed by atoms with van der Waals surface area (Å²) in [6.45, 7) is 6.01. The number of carbonyl (C=O) groups excluding carboxylic acids is 6. The number of nitrogens with one attached hydrogen (secondary N) is 5. The van der Waals surface area contributed by atoms with Gasteiger partial charge in [-0.15, -0.1) is 0 Å². The van der Waals surface area contributed by atoms with Crippen LogP contribution in [0.3, 0.4) is 0 Å². The fourth-order valence-electron chi connectivity index (χ4n) is 8.15. The van der Waals surface area contributed by atoms with Gasteiger partial charge in [0.25, 0.3) is 0 Å². The molecular formula is C46H80N8O8. The first-order valence-corrected chi connectivity index (χ1v) is 23.8. The molecular weight excluding hydrogens is 793 g/mol. The van der Waals surface area contributed by atoms with Crippen molar-refractivity contribution in [3.05, 3.63) is 18.2 Å². The summed E-state index contributed by atoms with van der Waals surface area (Å²) in [4.78, 5) is 100. The summed E-state index contributed by atoms with van der Waals surface area (Å²) in [6, 6.07) is -5.36. The van der Waals surface area contributed by atoms with Gasteiger partial charge in [0.1, 0.15) is 30.2 Å². The third-order valence-corrected chi connectivity index (χ3v) is 11.8. The molecule has 1 aliphatic rings. The van der Waals surface area contributed by atoms with Crippen LogP contribution >= 0.6 is 0 Å². The molecule has 2 heterocycles. The smallest absolute Gasteiger partial charge is 0.303 e. The van der Waals surface area contributed by atoms with Gasteiger partial charge in [-0.25, -0.2) is 4.98 Å². The number of imidazole rings is 1. The first-order valence-electron chi connectivity index (χ1n) is 23.8. The van der Waals surface area contributed by atoms with Crippen molar-refractivity contribution in [2.24, 2.45) is 5.73 Å². The van der Waals surface area contributed by atoms with Crippen LogP contribution in [0.2, 0.25) is 0 Å². The highest BCUT2D eigenvalue weighted by molar-refractivity contribution is 5.96. The summed E-state index contributed by atoms with van der Waals surface area (Å²) in [5.74, 6) is -4.74. The maximum atomic E-state index is 14.1. The molecule has 1 aliphatic heterocycles. The van der Waals surface area contributed by atoms with Crippen molar-refractivity contribution in [3.63, 3.8) is 0 Å². The van der Waals surface area contributed by atoms with Crippen LogP contribution in [0.5, 0.6) is 0 Å². The lowest BCUT2D eigenvalue weighted by molar-refractivity contribution is -0.141. The van der Waals surface area contributed by atoms with Crippen LogP contribution in [0.25, 0.3) is 0 Å². The number of unbranched alkanes of at least 4 members (excludes halogenated alkanes) is 18. The van der Waals surface area contributed by atoms with Crippen LogP contribution in [-0.2, 0) is 40.0 Å². The zero-order valence-corrected chi connectivity index (χ0v) is 38.1. The second kappa shape index (κ2) is 32.2. The van der Waals surface area contributed by atoms with Gasteiger partial charge in [0.15, 0.2) is 0 Å². The number of hydrogen-bond acceptors (Lipinski definition) is 8. The van der Waals surface area contributed by atoms with E-state index in [1.165, 1.54) is 95.0 Å². The van der Waals surface area contributed by atoms with Crippen molar-refractivity contribution in [1.82, 2.24) is 36.1 Å². The van der Waals surface area contributed by atoms with Crippen molar-refractivity contribution in [1.29, 1.82) is 0 Å². The molecule has 1 aromatic heterocycles. The van der Waals surface area contributed by atoms with Gasteiger partial charge in [0, 0.05) is 38.2 Å². The second-order valence-corrected chi connectivity index (χ2v) is 17.2. The van der Waals surface area contributed by atoms with Gasteiger partial charge in [-0.2, -0.15) is 0 Å². The number of hydrogen-bond donors (Lipinski definition) is 7. The first-order chi connectivity index (χ1) is 29.9. The monoisotopic (exact) mass is 873 g/mol. The molecule has 16 heteroatoms. The minimum Gasteiger partial charge on any atom is -0.481 e. The Morgan fingerprint density at radius 2 is 1.11 bits per heavy atom. The number of aliphatic carboxylic acids is 1. The number of aromatic amines is 1. The number of carboxylic acids is 1. The molecule has 0 radical (unpaired) electrons. The number of amides is 6. The predicted molar refractivity (Wildman–Crippen MR) is 239 cm³/mol. The molecule has 16 nitrogen and oxygen atoms in total. The molecule has 0 aromatic carbocycles. The minimum atomic E-state index is -1.38. The zero-order chi connectivity index (χ0) is 45.5. The van der Waals surface area contributed by atoms with E-state index in [-0.39, 0.29) is 31.7 Å². The average Bonchev–Trinajstić information content (AvgIpc) is 3.95. The normalized spacial score (nSPS) is 15.6. The second-order valence-electron chi connectivity index (χ2n) is 17.2. The average molecular weight is 873 g/mol. The summed E-state index contributed by atoms with van der Waals surface area (Å²) in [5.41, 5.74) is 6.12. The summed E-state index contributed by atoms with van der Waals surface area (Å²) in [5, 5.41) is 20.6. The van der Waals surface area contributed by atoms with Crippen LogP contribution in [0, 0.1) is 0 Å². The van der Waals surface area contributed by atoms with Crippen molar-refractivity contribution in [2.75, 3.05) is 6.54 Å². The number of nitrogens with zero attached hydrogens (tertiary/aromatic N) is 2. The molecule has 352 valence electrons. The molecule has 8 N–H and O–H groups in total. The van der Waals surface area contributed by atoms with Gasteiger partial charge in [-0.1, -0.05) is 142 Å². The summed E-state index contributed by atoms with van der Waals surface area (Å²) >= 11 is 0. The Hall–Kier alpha value is -4.50. The number of H-pyrrole nitrogens is 1. The number of primary amides is 1.